The molecule has 0 amide bonds. The van der Waals surface area contributed by atoms with Crippen LogP contribution < -0.4 is 10.6 Å². The molecule has 3 N–H and O–H groups in total. The molecule has 2 rings (SSSR count). The van der Waals surface area contributed by atoms with Crippen molar-refractivity contribution in [3.05, 3.63) is 29.8 Å². The summed E-state index contributed by atoms with van der Waals surface area (Å²) in [7, 11) is 0. The van der Waals surface area contributed by atoms with E-state index in [1.54, 1.807) is 0 Å². The topological polar surface area (TPSA) is 49.5 Å². The van der Waals surface area contributed by atoms with Crippen LogP contribution >= 0.6 is 0 Å². The number of hydrogen-bond acceptors (Lipinski definition) is 3. The van der Waals surface area contributed by atoms with E-state index >= 15 is 0 Å². The molecule has 1 heterocycles. The molecular weight excluding hydrogens is 212 g/mol. The van der Waals surface area contributed by atoms with Gasteiger partial charge >= 0.3 is 0 Å². The van der Waals surface area contributed by atoms with Crippen LogP contribution in [-0.2, 0) is 0 Å². The van der Waals surface area contributed by atoms with Crippen LogP contribution in [-0.4, -0.2) is 23.8 Å². The van der Waals surface area contributed by atoms with Gasteiger partial charge in [-0.15, -0.1) is 0 Å². The first kappa shape index (κ1) is 12.4. The minimum absolute atomic E-state index is 0.0497. The summed E-state index contributed by atoms with van der Waals surface area (Å²) in [6.45, 7) is 5.73. The molecule has 1 saturated heterocycles. The third kappa shape index (κ3) is 2.79. The lowest BCUT2D eigenvalue weighted by atomic mass is 9.93. The molecule has 0 bridgehead atoms. The average Bonchev–Trinajstić information content (AvgIpc) is 2.29. The Balaban J connectivity index is 2.18. The van der Waals surface area contributed by atoms with Gasteiger partial charge in [-0.25, -0.2) is 0 Å². The zero-order valence-electron chi connectivity index (χ0n) is 10.7. The van der Waals surface area contributed by atoms with E-state index in [-0.39, 0.29) is 6.04 Å². The number of para-hydroxylation sites is 1. The highest BCUT2D eigenvalue weighted by Gasteiger charge is 2.28. The van der Waals surface area contributed by atoms with Crippen molar-refractivity contribution in [1.29, 1.82) is 0 Å². The van der Waals surface area contributed by atoms with Gasteiger partial charge < -0.3 is 15.7 Å². The number of piperidine rings is 1. The fourth-order valence-corrected chi connectivity index (χ4v) is 2.39. The number of benzene rings is 1. The molecule has 1 unspecified atom stereocenters. The minimum atomic E-state index is -0.500. The first-order valence-corrected chi connectivity index (χ1v) is 6.31. The Hall–Kier alpha value is -1.06. The Morgan fingerprint density at radius 2 is 1.88 bits per heavy atom. The number of nitrogens with zero attached hydrogens (tertiary/aromatic N) is 1. The van der Waals surface area contributed by atoms with Crippen molar-refractivity contribution >= 4 is 5.69 Å². The maximum atomic E-state index is 9.97. The lowest BCUT2D eigenvalue weighted by molar-refractivity contribution is 0.0351. The van der Waals surface area contributed by atoms with Gasteiger partial charge in [-0.3, -0.25) is 0 Å². The molecule has 1 aliphatic heterocycles. The zero-order chi connectivity index (χ0) is 12.5. The van der Waals surface area contributed by atoms with Crippen molar-refractivity contribution in [2.45, 2.75) is 38.3 Å². The molecule has 1 aliphatic rings. The second-order valence-electron chi connectivity index (χ2n) is 5.33. The average molecular weight is 234 g/mol. The summed E-state index contributed by atoms with van der Waals surface area (Å²) in [5, 5.41) is 9.97. The molecule has 0 aliphatic carbocycles. The predicted molar refractivity (Wildman–Crippen MR) is 71.1 cm³/mol. The fourth-order valence-electron chi connectivity index (χ4n) is 2.39. The maximum absolute atomic E-state index is 9.97. The highest BCUT2D eigenvalue weighted by molar-refractivity contribution is 5.55. The van der Waals surface area contributed by atoms with Gasteiger partial charge in [-0.1, -0.05) is 18.2 Å². The number of hydrogen-bond donors (Lipinski definition) is 2. The molecule has 1 aromatic carbocycles. The van der Waals surface area contributed by atoms with Crippen LogP contribution in [0.5, 0.6) is 0 Å². The van der Waals surface area contributed by atoms with Gasteiger partial charge in [-0.2, -0.15) is 0 Å². The molecule has 3 heteroatoms. The molecular formula is C14H22N2O. The SMILES string of the molecule is CC(N)c1ccccc1N1CCC(C)(O)CC1. The third-order valence-corrected chi connectivity index (χ3v) is 3.61. The third-order valence-electron chi connectivity index (χ3n) is 3.61. The van der Waals surface area contributed by atoms with Crippen molar-refractivity contribution in [3.8, 4) is 0 Å². The molecule has 0 radical (unpaired) electrons. The Kier molecular flexibility index (Phi) is 3.40. The van der Waals surface area contributed by atoms with E-state index in [1.165, 1.54) is 11.3 Å². The van der Waals surface area contributed by atoms with Crippen molar-refractivity contribution in [3.63, 3.8) is 0 Å². The zero-order valence-corrected chi connectivity index (χ0v) is 10.7. The molecule has 1 aromatic rings. The van der Waals surface area contributed by atoms with Crippen molar-refractivity contribution in [2.24, 2.45) is 5.73 Å². The largest absolute Gasteiger partial charge is 0.390 e. The van der Waals surface area contributed by atoms with Crippen LogP contribution in [0.25, 0.3) is 0 Å². The number of nitrogens with two attached hydrogens (primary N) is 1. The maximum Gasteiger partial charge on any atom is 0.0653 e. The van der Waals surface area contributed by atoms with Crippen LogP contribution in [0.1, 0.15) is 38.3 Å². The first-order chi connectivity index (χ1) is 7.99. The Bertz CT molecular complexity index is 378. The summed E-state index contributed by atoms with van der Waals surface area (Å²) < 4.78 is 0. The second kappa shape index (κ2) is 4.67. The standard InChI is InChI=1S/C14H22N2O/c1-11(15)12-5-3-4-6-13(12)16-9-7-14(2,17)8-10-16/h3-6,11,17H,7-10,15H2,1-2H3. The number of anilines is 1. The van der Waals surface area contributed by atoms with Gasteiger partial charge in [0.15, 0.2) is 0 Å². The fraction of sp³-hybridized carbons (Fsp3) is 0.571. The summed E-state index contributed by atoms with van der Waals surface area (Å²) in [5.41, 5.74) is 7.91. The molecule has 0 saturated carbocycles. The van der Waals surface area contributed by atoms with E-state index in [9.17, 15) is 5.11 Å². The van der Waals surface area contributed by atoms with Crippen LogP contribution in [0.15, 0.2) is 24.3 Å². The van der Waals surface area contributed by atoms with Crippen molar-refractivity contribution in [2.75, 3.05) is 18.0 Å². The monoisotopic (exact) mass is 234 g/mol. The number of aliphatic hydroxyl groups is 1. The summed E-state index contributed by atoms with van der Waals surface area (Å²) in [6.07, 6.45) is 1.64. The molecule has 0 spiro atoms. The van der Waals surface area contributed by atoms with Gasteiger partial charge in [0.25, 0.3) is 0 Å². The quantitative estimate of drug-likeness (QED) is 0.823. The van der Waals surface area contributed by atoms with E-state index in [0.717, 1.165) is 25.9 Å². The summed E-state index contributed by atoms with van der Waals surface area (Å²) >= 11 is 0. The van der Waals surface area contributed by atoms with E-state index < -0.39 is 5.60 Å². The van der Waals surface area contributed by atoms with Crippen LogP contribution in [0.3, 0.4) is 0 Å². The van der Waals surface area contributed by atoms with Crippen LogP contribution in [0, 0.1) is 0 Å². The highest BCUT2D eigenvalue weighted by atomic mass is 16.3. The van der Waals surface area contributed by atoms with Gasteiger partial charge in [0.05, 0.1) is 5.60 Å². The van der Waals surface area contributed by atoms with Crippen molar-refractivity contribution < 1.29 is 5.11 Å². The molecule has 1 fully saturated rings. The molecule has 3 nitrogen and oxygen atoms in total. The second-order valence-corrected chi connectivity index (χ2v) is 5.33. The summed E-state index contributed by atoms with van der Waals surface area (Å²) in [6, 6.07) is 8.34. The van der Waals surface area contributed by atoms with Crippen molar-refractivity contribution in [1.82, 2.24) is 0 Å². The van der Waals surface area contributed by atoms with Crippen LogP contribution in [0.4, 0.5) is 5.69 Å². The Morgan fingerprint density at radius 1 is 1.29 bits per heavy atom. The number of rotatable bonds is 2. The van der Waals surface area contributed by atoms with E-state index in [4.69, 9.17) is 5.73 Å². The normalized spacial score (nSPS) is 21.3. The van der Waals surface area contributed by atoms with Gasteiger partial charge in [0, 0.05) is 24.8 Å². The minimum Gasteiger partial charge on any atom is -0.390 e. The molecule has 0 aromatic heterocycles. The van der Waals surface area contributed by atoms with Gasteiger partial charge in [-0.05, 0) is 38.3 Å². The Morgan fingerprint density at radius 3 is 2.47 bits per heavy atom. The first-order valence-electron chi connectivity index (χ1n) is 6.31. The lowest BCUT2D eigenvalue weighted by Crippen LogP contribution is -2.42. The van der Waals surface area contributed by atoms with E-state index in [2.05, 4.69) is 17.0 Å². The molecule has 94 valence electrons. The van der Waals surface area contributed by atoms with Gasteiger partial charge in [0.1, 0.15) is 0 Å². The highest BCUT2D eigenvalue weighted by Crippen LogP contribution is 2.30. The van der Waals surface area contributed by atoms with Crippen LogP contribution in [0.2, 0.25) is 0 Å². The lowest BCUT2D eigenvalue weighted by Gasteiger charge is -2.38. The Labute approximate surface area is 103 Å². The van der Waals surface area contributed by atoms with E-state index in [0.29, 0.717) is 0 Å². The molecule has 17 heavy (non-hydrogen) atoms. The predicted octanol–water partition coefficient (Wildman–Crippen LogP) is 2.06. The summed E-state index contributed by atoms with van der Waals surface area (Å²) in [4.78, 5) is 2.33. The summed E-state index contributed by atoms with van der Waals surface area (Å²) in [5.74, 6) is 0. The molecule has 1 atom stereocenters. The smallest absolute Gasteiger partial charge is 0.0653 e. The van der Waals surface area contributed by atoms with Gasteiger partial charge in [0.2, 0.25) is 0 Å². The van der Waals surface area contributed by atoms with E-state index in [1.807, 2.05) is 26.0 Å².